The molecule has 22 heavy (non-hydrogen) atoms. The van der Waals surface area contributed by atoms with Crippen LogP contribution >= 0.6 is 0 Å². The minimum Gasteiger partial charge on any atom is -0.355 e. The topological polar surface area (TPSA) is 58.2 Å². The van der Waals surface area contributed by atoms with Crippen molar-refractivity contribution < 1.29 is 9.59 Å². The highest BCUT2D eigenvalue weighted by Crippen LogP contribution is 2.47. The lowest BCUT2D eigenvalue weighted by Crippen LogP contribution is -2.40. The van der Waals surface area contributed by atoms with E-state index in [-0.39, 0.29) is 11.8 Å². The van der Waals surface area contributed by atoms with Crippen molar-refractivity contribution >= 4 is 17.5 Å². The molecule has 0 bridgehead atoms. The van der Waals surface area contributed by atoms with E-state index >= 15 is 0 Å². The van der Waals surface area contributed by atoms with Crippen molar-refractivity contribution in [2.75, 3.05) is 11.9 Å². The van der Waals surface area contributed by atoms with Gasteiger partial charge in [0.05, 0.1) is 0 Å². The van der Waals surface area contributed by atoms with E-state index in [4.69, 9.17) is 0 Å². The Kier molecular flexibility index (Phi) is 5.22. The fourth-order valence-electron chi connectivity index (χ4n) is 2.56. The summed E-state index contributed by atoms with van der Waals surface area (Å²) in [5.74, 6) is -0.291. The first-order valence-corrected chi connectivity index (χ1v) is 8.17. The molecule has 4 heteroatoms. The van der Waals surface area contributed by atoms with E-state index in [0.717, 1.165) is 36.1 Å². The van der Waals surface area contributed by atoms with Crippen LogP contribution in [-0.2, 0) is 9.59 Å². The third-order valence-corrected chi connectivity index (χ3v) is 4.54. The van der Waals surface area contributed by atoms with Crippen LogP contribution in [-0.4, -0.2) is 18.4 Å². The average Bonchev–Trinajstić information content (AvgIpc) is 3.30. The summed E-state index contributed by atoms with van der Waals surface area (Å²) in [6, 6.07) is 5.82. The van der Waals surface area contributed by atoms with Crippen LogP contribution in [0.3, 0.4) is 0 Å². The van der Waals surface area contributed by atoms with E-state index in [9.17, 15) is 9.59 Å². The molecule has 0 radical (unpaired) electrons. The summed E-state index contributed by atoms with van der Waals surface area (Å²) < 4.78 is 0. The van der Waals surface area contributed by atoms with E-state index in [2.05, 4.69) is 17.6 Å². The lowest BCUT2D eigenvalue weighted by Gasteiger charge is -2.17. The maximum Gasteiger partial charge on any atom is 0.240 e. The number of benzene rings is 1. The zero-order valence-corrected chi connectivity index (χ0v) is 13.8. The summed E-state index contributed by atoms with van der Waals surface area (Å²) >= 11 is 0. The minimum absolute atomic E-state index is 0.119. The van der Waals surface area contributed by atoms with Gasteiger partial charge in [0.15, 0.2) is 0 Å². The Balaban J connectivity index is 1.96. The Labute approximate surface area is 132 Å². The number of hydrogen-bond donors (Lipinski definition) is 2. The van der Waals surface area contributed by atoms with E-state index < -0.39 is 5.41 Å². The van der Waals surface area contributed by atoms with Gasteiger partial charge in [0.1, 0.15) is 5.41 Å². The molecule has 0 aliphatic heterocycles. The molecule has 1 fully saturated rings. The van der Waals surface area contributed by atoms with Gasteiger partial charge in [-0.1, -0.05) is 31.9 Å². The smallest absolute Gasteiger partial charge is 0.240 e. The van der Waals surface area contributed by atoms with E-state index in [1.165, 1.54) is 0 Å². The Bertz CT molecular complexity index is 562. The molecule has 1 saturated carbocycles. The van der Waals surface area contributed by atoms with Crippen molar-refractivity contribution in [3.63, 3.8) is 0 Å². The first-order valence-electron chi connectivity index (χ1n) is 8.17. The van der Waals surface area contributed by atoms with Gasteiger partial charge in [0, 0.05) is 12.2 Å². The van der Waals surface area contributed by atoms with Gasteiger partial charge in [0.2, 0.25) is 11.8 Å². The molecule has 0 saturated heterocycles. The Morgan fingerprint density at radius 1 is 1.14 bits per heavy atom. The Hall–Kier alpha value is -1.84. The predicted molar refractivity (Wildman–Crippen MR) is 88.7 cm³/mol. The summed E-state index contributed by atoms with van der Waals surface area (Å²) in [5, 5.41) is 5.85. The molecule has 1 aliphatic carbocycles. The van der Waals surface area contributed by atoms with Crippen LogP contribution < -0.4 is 10.6 Å². The third-order valence-electron chi connectivity index (χ3n) is 4.54. The number of anilines is 1. The lowest BCUT2D eigenvalue weighted by atomic mass is 10.0. The van der Waals surface area contributed by atoms with E-state index in [1.54, 1.807) is 0 Å². The number of carbonyl (C=O) groups is 2. The van der Waals surface area contributed by atoms with E-state index in [1.807, 2.05) is 32.0 Å². The maximum absolute atomic E-state index is 12.5. The summed E-state index contributed by atoms with van der Waals surface area (Å²) in [4.78, 5) is 24.8. The molecule has 1 aromatic carbocycles. The summed E-state index contributed by atoms with van der Waals surface area (Å²) in [6.45, 7) is 6.78. The zero-order valence-electron chi connectivity index (χ0n) is 13.8. The van der Waals surface area contributed by atoms with Crippen LogP contribution in [0.15, 0.2) is 18.2 Å². The fourth-order valence-corrected chi connectivity index (χ4v) is 2.56. The van der Waals surface area contributed by atoms with Crippen molar-refractivity contribution in [3.05, 3.63) is 29.3 Å². The second-order valence-electron chi connectivity index (χ2n) is 6.25. The van der Waals surface area contributed by atoms with Gasteiger partial charge in [-0.2, -0.15) is 0 Å². The molecular weight excluding hydrogens is 276 g/mol. The third kappa shape index (κ3) is 3.49. The number of rotatable bonds is 7. The standard InChI is InChI=1S/C18H26N2O2/c1-4-5-6-12-19-16(21)18(10-11-18)17(22)20-15-9-7-8-13(2)14(15)3/h7-9H,4-6,10-12H2,1-3H3,(H,19,21)(H,20,22). The molecule has 0 unspecified atom stereocenters. The highest BCUT2D eigenvalue weighted by molar-refractivity contribution is 6.13. The molecule has 0 spiro atoms. The van der Waals surface area contributed by atoms with Crippen LogP contribution in [0, 0.1) is 19.3 Å². The van der Waals surface area contributed by atoms with Crippen molar-refractivity contribution in [3.8, 4) is 0 Å². The highest BCUT2D eigenvalue weighted by atomic mass is 16.2. The van der Waals surface area contributed by atoms with Gasteiger partial charge in [-0.15, -0.1) is 0 Å². The normalized spacial score (nSPS) is 15.2. The molecule has 1 aliphatic rings. The monoisotopic (exact) mass is 302 g/mol. The quantitative estimate of drug-likeness (QED) is 0.599. The fraction of sp³-hybridized carbons (Fsp3) is 0.556. The SMILES string of the molecule is CCCCCNC(=O)C1(C(=O)Nc2cccc(C)c2C)CC1. The van der Waals surface area contributed by atoms with Crippen LogP contribution in [0.1, 0.15) is 50.2 Å². The average molecular weight is 302 g/mol. The number of aryl methyl sites for hydroxylation is 1. The summed E-state index contributed by atoms with van der Waals surface area (Å²) in [7, 11) is 0. The zero-order chi connectivity index (χ0) is 16.2. The molecule has 120 valence electrons. The molecular formula is C18H26N2O2. The molecule has 4 nitrogen and oxygen atoms in total. The minimum atomic E-state index is -0.845. The van der Waals surface area contributed by atoms with Crippen LogP contribution in [0.5, 0.6) is 0 Å². The van der Waals surface area contributed by atoms with Gasteiger partial charge in [-0.05, 0) is 50.3 Å². The molecule has 2 N–H and O–H groups in total. The Morgan fingerprint density at radius 3 is 2.50 bits per heavy atom. The van der Waals surface area contributed by atoms with E-state index in [0.29, 0.717) is 19.4 Å². The van der Waals surface area contributed by atoms with Crippen LogP contribution in [0.4, 0.5) is 5.69 Å². The van der Waals surface area contributed by atoms with Crippen molar-refractivity contribution in [2.45, 2.75) is 52.9 Å². The second-order valence-corrected chi connectivity index (χ2v) is 6.25. The Morgan fingerprint density at radius 2 is 1.86 bits per heavy atom. The van der Waals surface area contributed by atoms with Crippen molar-refractivity contribution in [1.29, 1.82) is 0 Å². The van der Waals surface area contributed by atoms with Crippen molar-refractivity contribution in [1.82, 2.24) is 5.32 Å². The number of hydrogen-bond acceptors (Lipinski definition) is 2. The molecule has 1 aromatic rings. The number of carbonyl (C=O) groups excluding carboxylic acids is 2. The van der Waals surface area contributed by atoms with Gasteiger partial charge in [0.25, 0.3) is 0 Å². The first kappa shape index (κ1) is 16.5. The second kappa shape index (κ2) is 6.95. The molecule has 0 aromatic heterocycles. The van der Waals surface area contributed by atoms with Gasteiger partial charge < -0.3 is 10.6 Å². The van der Waals surface area contributed by atoms with Gasteiger partial charge >= 0.3 is 0 Å². The number of nitrogens with one attached hydrogen (secondary N) is 2. The van der Waals surface area contributed by atoms with Crippen molar-refractivity contribution in [2.24, 2.45) is 5.41 Å². The number of amides is 2. The van der Waals surface area contributed by atoms with Gasteiger partial charge in [-0.3, -0.25) is 9.59 Å². The van der Waals surface area contributed by atoms with Gasteiger partial charge in [-0.25, -0.2) is 0 Å². The molecule has 2 rings (SSSR count). The predicted octanol–water partition coefficient (Wildman–Crippen LogP) is 3.33. The highest BCUT2D eigenvalue weighted by Gasteiger charge is 2.56. The molecule has 0 heterocycles. The molecule has 0 atom stereocenters. The largest absolute Gasteiger partial charge is 0.355 e. The summed E-state index contributed by atoms with van der Waals surface area (Å²) in [6.07, 6.45) is 4.47. The number of unbranched alkanes of at least 4 members (excludes halogenated alkanes) is 2. The van der Waals surface area contributed by atoms with Crippen LogP contribution in [0.2, 0.25) is 0 Å². The van der Waals surface area contributed by atoms with Crippen LogP contribution in [0.25, 0.3) is 0 Å². The lowest BCUT2D eigenvalue weighted by molar-refractivity contribution is -0.134. The maximum atomic E-state index is 12.5. The first-order chi connectivity index (χ1) is 10.5. The molecule has 2 amide bonds. The summed E-state index contributed by atoms with van der Waals surface area (Å²) in [5.41, 5.74) is 2.14.